The fourth-order valence-electron chi connectivity index (χ4n) is 8.53. The molecule has 0 spiro atoms. The van der Waals surface area contributed by atoms with Crippen LogP contribution in [0, 0.1) is 11.8 Å². The first-order valence-corrected chi connectivity index (χ1v) is 20.8. The molecule has 2 unspecified atom stereocenters. The molecule has 2 saturated heterocycles. The minimum absolute atomic E-state index is 0. The number of benzene rings is 2. The van der Waals surface area contributed by atoms with Gasteiger partial charge in [-0.3, -0.25) is 9.97 Å². The van der Waals surface area contributed by atoms with Crippen LogP contribution in [0.5, 0.6) is 0 Å². The SMILES string of the molecule is C.C.C.C.C.C.C.C.C.C.C.C.C.C.C.C.C.C.C.C.C.C.C.C.C.C.C.C.C.C.C.C.C.C.C.C.C.C.C.C.C.C.C.C.C.C.C.C.C.C.C.C.C.C.C.C.C.C.C.C.C.C.C.C.C.C.C.C.C.C.C.C.C.C.C.C.C.C.C.C.C.C.C.C.C.C.C.C.C.C.C.C.C.C=CC1=Cc2cccnc2C(C2CCN(C)CC2)c2ccc(Cl)cc21.CN1CCC(C2c3ccc(Cl)cc3C(OS(=O)(=O)C(F)(F)F)=Cc3cccnc32)CC1. The lowest BCUT2D eigenvalue weighted by Gasteiger charge is -2.35. The van der Waals surface area contributed by atoms with Crippen molar-refractivity contribution in [3.05, 3.63) is 141 Å². The van der Waals surface area contributed by atoms with Crippen LogP contribution in [0.15, 0.2) is 85.7 Å². The van der Waals surface area contributed by atoms with Crippen molar-refractivity contribution in [3.63, 3.8) is 0 Å². The summed E-state index contributed by atoms with van der Waals surface area (Å²) in [7, 11) is -1.61. The molecule has 4 heterocycles. The van der Waals surface area contributed by atoms with Crippen LogP contribution >= 0.6 is 23.2 Å². The highest BCUT2D eigenvalue weighted by Crippen LogP contribution is 2.47. The van der Waals surface area contributed by atoms with Crippen LogP contribution in [-0.4, -0.2) is 74.0 Å². The summed E-state index contributed by atoms with van der Waals surface area (Å²) in [6.07, 6.45) is 13.1. The van der Waals surface area contributed by atoms with Crippen molar-refractivity contribution in [2.75, 3.05) is 40.3 Å². The second-order valence-electron chi connectivity index (χ2n) is 15.0. The molecule has 0 bridgehead atoms. The number of rotatable bonds is 5. The highest BCUT2D eigenvalue weighted by atomic mass is 35.5. The number of halogens is 5. The van der Waals surface area contributed by atoms with Gasteiger partial charge in [0.15, 0.2) is 5.76 Å². The quantitative estimate of drug-likeness (QED) is 0.146. The molecule has 2 aliphatic carbocycles. The average molecular weight is 2320 g/mol. The van der Waals surface area contributed by atoms with Gasteiger partial charge in [-0.2, -0.15) is 21.6 Å². The molecule has 2 fully saturated rings. The van der Waals surface area contributed by atoms with E-state index in [1.54, 1.807) is 30.5 Å². The monoisotopic (exact) mass is 2310 g/mol. The maximum atomic E-state index is 13.1. The van der Waals surface area contributed by atoms with E-state index in [1.165, 1.54) is 47.4 Å². The maximum Gasteiger partial charge on any atom is 0.534 e. The van der Waals surface area contributed by atoms with Gasteiger partial charge < -0.3 is 14.0 Å². The zero-order valence-corrected chi connectivity index (χ0v) is 33.5. The number of hydrogen-bond donors (Lipinski definition) is 0. The summed E-state index contributed by atoms with van der Waals surface area (Å²) in [4.78, 5) is 14.0. The van der Waals surface area contributed by atoms with Gasteiger partial charge >= 0.3 is 15.6 Å². The first kappa shape index (κ1) is 894. The third-order valence-electron chi connectivity index (χ3n) is 11.4. The molecule has 0 N–H and O–H groups in total. The minimum atomic E-state index is -5.86. The first-order chi connectivity index (χ1) is 26.7. The Morgan fingerprint density at radius 1 is 0.289 bits per heavy atom. The van der Waals surface area contributed by atoms with Crippen LogP contribution in [0.3, 0.4) is 0 Å². The molecule has 4 aliphatic rings. The van der Waals surface area contributed by atoms with E-state index in [0.717, 1.165) is 49.6 Å². The van der Waals surface area contributed by atoms with Crippen molar-refractivity contribution in [3.8, 4) is 0 Å². The number of likely N-dealkylation sites (tertiary alicyclic amines) is 2. The number of fused-ring (bicyclic) bond motifs is 4. The van der Waals surface area contributed by atoms with Gasteiger partial charge in [0.05, 0.1) is 11.4 Å². The van der Waals surface area contributed by atoms with Gasteiger partial charge in [0.2, 0.25) is 0 Å². The number of hydrogen-bond acceptors (Lipinski definition) is 7. The third-order valence-corrected chi connectivity index (χ3v) is 12.8. The van der Waals surface area contributed by atoms with Gasteiger partial charge in [-0.15, -0.1) is 0 Å². The Morgan fingerprint density at radius 3 is 0.644 bits per heavy atom. The summed E-state index contributed by atoms with van der Waals surface area (Å²) in [5.41, 5.74) is 2.58. The second kappa shape index (κ2) is 380. The van der Waals surface area contributed by atoms with Crippen molar-refractivity contribution < 1.29 is 25.8 Å². The molecule has 0 radical (unpaired) electrons. The van der Waals surface area contributed by atoms with Gasteiger partial charge in [-0.25, -0.2) is 0 Å². The molecule has 2 atom stereocenters. The van der Waals surface area contributed by atoms with E-state index in [4.69, 9.17) is 28.2 Å². The van der Waals surface area contributed by atoms with E-state index < -0.39 is 21.4 Å². The molecule has 1038 valence electrons. The molecule has 0 saturated carbocycles. The van der Waals surface area contributed by atoms with Crippen LogP contribution in [-0.2, 0) is 14.3 Å². The summed E-state index contributed by atoms with van der Waals surface area (Å²) in [6.45, 7) is 8.09. The highest BCUT2D eigenvalue weighted by Gasteiger charge is 2.49. The van der Waals surface area contributed by atoms with Crippen LogP contribution in [0.2, 0.25) is 10.0 Å². The van der Waals surface area contributed by atoms with Crippen molar-refractivity contribution in [2.45, 2.75) is 734 Å². The molecule has 2 aromatic carbocycles. The van der Waals surface area contributed by atoms with Crippen molar-refractivity contribution in [1.82, 2.24) is 19.8 Å². The van der Waals surface area contributed by atoms with E-state index in [1.807, 2.05) is 31.5 Å². The van der Waals surface area contributed by atoms with Gasteiger partial charge in [0.25, 0.3) is 0 Å². The molecule has 8 rings (SSSR count). The predicted octanol–water partition coefficient (Wildman–Crippen LogP) is 69.3. The van der Waals surface area contributed by atoms with Crippen LogP contribution in [0.4, 0.5) is 13.2 Å². The van der Waals surface area contributed by atoms with Gasteiger partial charge in [0, 0.05) is 45.4 Å². The molecule has 7 nitrogen and oxygen atoms in total. The maximum absolute atomic E-state index is 13.1. The molecule has 13 heteroatoms. The summed E-state index contributed by atoms with van der Waals surface area (Å²) in [5.74, 6) is 0.438. The standard InChI is InChI=1S/C22H23ClN2.C21H20ClF3N2O3S.93CH4/c1-3-15-13-17-5-4-10-24-22(17)21(16-8-11-25(2)12-9-16)19-7-6-18(23)14-20(15)19;1-27-9-6-13(7-10-27)19-16-5-4-15(22)12-17(16)18(30-31(28,29)21(23,24)25)11-14-3-2-8-26-20(14)19;;;;;;;;;;;;;;;;;;;;;;;;;;;;;;;;;;;;;;;;;;;;;;;;;;;;;;;;;;;;;;;;;;;;;;;;;;;;;;;;;;;;;;;;;;;;;/h3-7,10,13-14,16,21H,1,8-9,11-12H2,2H3;2-5,8,11-13,19H,6-7,9-10H2,1H3;93*1H4. The summed E-state index contributed by atoms with van der Waals surface area (Å²) >= 11 is 12.5. The average Bonchev–Trinajstić information content (AvgIpc) is 3.39. The first-order valence-electron chi connectivity index (χ1n) is 18.7. The Kier molecular flexibility index (Phi) is 2280. The summed E-state index contributed by atoms with van der Waals surface area (Å²) in [6, 6.07) is 18.6. The lowest BCUT2D eigenvalue weighted by molar-refractivity contribution is -0.0509. The molecular weight excluding hydrogens is 1900 g/mol. The fourth-order valence-corrected chi connectivity index (χ4v) is 9.34. The summed E-state index contributed by atoms with van der Waals surface area (Å²) < 4.78 is 67.4. The molecule has 2 aliphatic heterocycles. The zero-order chi connectivity index (χ0) is 39.8. The van der Waals surface area contributed by atoms with Crippen molar-refractivity contribution in [2.24, 2.45) is 11.8 Å². The predicted molar refractivity (Wildman–Crippen MR) is 843 cm³/mol. The number of nitrogens with zero attached hydrogens (tertiary/aromatic N) is 4. The minimum Gasteiger partial charge on any atom is -0.375 e. The summed E-state index contributed by atoms with van der Waals surface area (Å²) in [5, 5.41) is 1.03. The van der Waals surface area contributed by atoms with E-state index in [0.29, 0.717) is 28.7 Å². The van der Waals surface area contributed by atoms with Gasteiger partial charge in [-0.05, 0) is 154 Å². The Labute approximate surface area is 1020 Å². The zero-order valence-electron chi connectivity index (χ0n) is 31.1. The third kappa shape index (κ3) is 202. The lowest BCUT2D eigenvalue weighted by Crippen LogP contribution is -2.33. The normalized spacial score (nSPS) is 7.78. The smallest absolute Gasteiger partial charge is 0.375 e. The highest BCUT2D eigenvalue weighted by molar-refractivity contribution is 7.87. The van der Waals surface area contributed by atoms with E-state index in [-0.39, 0.29) is 713 Å². The van der Waals surface area contributed by atoms with Gasteiger partial charge in [0.1, 0.15) is 0 Å². The molecule has 2 aromatic heterocycles. The van der Waals surface area contributed by atoms with Crippen LogP contribution in [0.25, 0.3) is 23.5 Å². The number of pyridine rings is 2. The second-order valence-corrected chi connectivity index (χ2v) is 17.4. The Bertz CT molecular complexity index is 2300. The molecule has 0 amide bonds. The largest absolute Gasteiger partial charge is 0.534 e. The molecule has 4 aromatic rings. The number of alkyl halides is 3. The van der Waals surface area contributed by atoms with Crippen molar-refractivity contribution in [1.29, 1.82) is 0 Å². The van der Waals surface area contributed by atoms with Gasteiger partial charge in [-0.1, -0.05) is 751 Å². The number of piperidine rings is 2. The lowest BCUT2D eigenvalue weighted by atomic mass is 9.76. The van der Waals surface area contributed by atoms with Crippen LogP contribution in [0.1, 0.15) is 773 Å². The number of aromatic nitrogens is 2. The topological polar surface area (TPSA) is 75.6 Å². The van der Waals surface area contributed by atoms with Crippen LogP contribution < -0.4 is 0 Å². The fraction of sp³-hybridized carbons (Fsp3) is 0.794. The Morgan fingerprint density at radius 2 is 0.463 bits per heavy atom. The number of allylic oxidation sites excluding steroid dienone is 2. The Hall–Kier alpha value is -4.00. The van der Waals surface area contributed by atoms with E-state index in [9.17, 15) is 21.6 Å². The Balaban J connectivity index is -0.00000000375. The van der Waals surface area contributed by atoms with Crippen molar-refractivity contribution >= 4 is 56.8 Å². The van der Waals surface area contributed by atoms with E-state index >= 15 is 0 Å². The molecular formula is C136H415Cl2F3N4O3S. The molecule has 149 heavy (non-hydrogen) atoms. The van der Waals surface area contributed by atoms with E-state index in [2.05, 4.69) is 56.9 Å².